The molecule has 0 amide bonds. The van der Waals surface area contributed by atoms with Crippen molar-refractivity contribution in [3.63, 3.8) is 0 Å². The first-order valence-electron chi connectivity index (χ1n) is 6.77. The van der Waals surface area contributed by atoms with Crippen LogP contribution in [0.5, 0.6) is 0 Å². The molecule has 0 bridgehead atoms. The van der Waals surface area contributed by atoms with E-state index in [4.69, 9.17) is 10.00 Å². The van der Waals surface area contributed by atoms with Gasteiger partial charge in [-0.25, -0.2) is 4.79 Å². The van der Waals surface area contributed by atoms with Crippen LogP contribution in [0, 0.1) is 11.3 Å². The zero-order valence-electron chi connectivity index (χ0n) is 11.4. The number of esters is 1. The minimum atomic E-state index is -0.513. The van der Waals surface area contributed by atoms with Crippen molar-refractivity contribution in [3.8, 4) is 6.07 Å². The van der Waals surface area contributed by atoms with Crippen molar-refractivity contribution in [2.24, 2.45) is 0 Å². The Labute approximate surface area is 117 Å². The summed E-state index contributed by atoms with van der Waals surface area (Å²) >= 11 is 0. The summed E-state index contributed by atoms with van der Waals surface area (Å²) in [7, 11) is 0. The first-order chi connectivity index (χ1) is 9.67. The highest BCUT2D eigenvalue weighted by Gasteiger charge is 2.22. The molecule has 1 aliphatic rings. The van der Waals surface area contributed by atoms with E-state index in [2.05, 4.69) is 4.98 Å². The molecule has 1 saturated heterocycles. The molecule has 0 atom stereocenters. The average molecular weight is 275 g/mol. The van der Waals surface area contributed by atoms with Crippen LogP contribution in [0.3, 0.4) is 0 Å². The molecule has 1 fully saturated rings. The van der Waals surface area contributed by atoms with Gasteiger partial charge in [-0.1, -0.05) is 0 Å². The normalized spacial score (nSPS) is 14.7. The van der Waals surface area contributed by atoms with Crippen LogP contribution >= 0.6 is 0 Å². The van der Waals surface area contributed by atoms with Crippen LogP contribution in [-0.2, 0) is 4.74 Å². The highest BCUT2D eigenvalue weighted by Crippen LogP contribution is 2.22. The van der Waals surface area contributed by atoms with Gasteiger partial charge in [0.25, 0.3) is 5.56 Å². The second kappa shape index (κ2) is 6.24. The van der Waals surface area contributed by atoms with Crippen LogP contribution in [-0.4, -0.2) is 30.6 Å². The number of ether oxygens (including phenoxy) is 1. The number of anilines is 1. The molecule has 1 aliphatic heterocycles. The van der Waals surface area contributed by atoms with Gasteiger partial charge >= 0.3 is 5.97 Å². The molecule has 1 aromatic rings. The van der Waals surface area contributed by atoms with Crippen molar-refractivity contribution in [2.45, 2.75) is 26.2 Å². The van der Waals surface area contributed by atoms with Crippen LogP contribution < -0.4 is 10.5 Å². The highest BCUT2D eigenvalue weighted by molar-refractivity contribution is 5.95. The number of hydrogen-bond donors (Lipinski definition) is 1. The Morgan fingerprint density at radius 2 is 2.15 bits per heavy atom. The zero-order chi connectivity index (χ0) is 14.5. The van der Waals surface area contributed by atoms with E-state index in [0.717, 1.165) is 32.4 Å². The first-order valence-corrected chi connectivity index (χ1v) is 6.77. The van der Waals surface area contributed by atoms with Crippen LogP contribution in [0.4, 0.5) is 5.82 Å². The monoisotopic (exact) mass is 275 g/mol. The number of aromatic amines is 1. The van der Waals surface area contributed by atoms with E-state index in [9.17, 15) is 9.59 Å². The topological polar surface area (TPSA) is 86.2 Å². The first kappa shape index (κ1) is 14.1. The third-order valence-corrected chi connectivity index (χ3v) is 3.31. The van der Waals surface area contributed by atoms with Crippen molar-refractivity contribution in [3.05, 3.63) is 27.5 Å². The molecule has 106 valence electrons. The number of carbonyl (C=O) groups is 1. The predicted octanol–water partition coefficient (Wildman–Crippen LogP) is 1.41. The molecule has 2 heterocycles. The fraction of sp³-hybridized carbons (Fsp3) is 0.500. The molecule has 0 aromatic carbocycles. The van der Waals surface area contributed by atoms with Gasteiger partial charge in [0.2, 0.25) is 0 Å². The largest absolute Gasteiger partial charge is 0.462 e. The van der Waals surface area contributed by atoms with Crippen LogP contribution in [0.15, 0.2) is 10.9 Å². The van der Waals surface area contributed by atoms with Crippen LogP contribution in [0.1, 0.15) is 42.1 Å². The maximum absolute atomic E-state index is 12.0. The van der Waals surface area contributed by atoms with Crippen molar-refractivity contribution in [1.82, 2.24) is 4.98 Å². The van der Waals surface area contributed by atoms with E-state index in [0.29, 0.717) is 5.82 Å². The number of H-pyrrole nitrogens is 1. The molecule has 0 saturated carbocycles. The average Bonchev–Trinajstić information content (AvgIpc) is 2.48. The second-order valence-corrected chi connectivity index (χ2v) is 4.65. The zero-order valence-corrected chi connectivity index (χ0v) is 11.4. The summed E-state index contributed by atoms with van der Waals surface area (Å²) < 4.78 is 5.00. The summed E-state index contributed by atoms with van der Waals surface area (Å²) in [5.41, 5.74) is -0.292. The lowest BCUT2D eigenvalue weighted by atomic mass is 10.1. The molecule has 0 radical (unpaired) electrons. The van der Waals surface area contributed by atoms with E-state index in [1.807, 2.05) is 4.90 Å². The summed E-state index contributed by atoms with van der Waals surface area (Å²) in [6, 6.07) is 3.11. The van der Waals surface area contributed by atoms with Gasteiger partial charge in [0.05, 0.1) is 6.61 Å². The fourth-order valence-electron chi connectivity index (χ4n) is 2.33. The number of nitrogens with one attached hydrogen (secondary N) is 1. The van der Waals surface area contributed by atoms with Crippen molar-refractivity contribution < 1.29 is 9.53 Å². The standard InChI is InChI=1S/C14H17N3O3/c1-2-20-14(19)11-8-10(9-15)13(18)16-12(11)17-6-4-3-5-7-17/h8H,2-7H2,1H3,(H,16,18). The lowest BCUT2D eigenvalue weighted by molar-refractivity contribution is 0.0526. The second-order valence-electron chi connectivity index (χ2n) is 4.65. The van der Waals surface area contributed by atoms with Gasteiger partial charge in [-0.2, -0.15) is 5.26 Å². The van der Waals surface area contributed by atoms with E-state index >= 15 is 0 Å². The quantitative estimate of drug-likeness (QED) is 0.843. The molecule has 0 aliphatic carbocycles. The summed E-state index contributed by atoms with van der Waals surface area (Å²) in [6.07, 6.45) is 3.18. The molecule has 1 N–H and O–H groups in total. The number of piperidine rings is 1. The molecule has 0 unspecified atom stereocenters. The number of hydrogen-bond acceptors (Lipinski definition) is 5. The minimum absolute atomic E-state index is 0.0752. The number of nitriles is 1. The summed E-state index contributed by atoms with van der Waals surface area (Å²) in [5, 5.41) is 8.92. The number of carbonyl (C=O) groups excluding carboxylic acids is 1. The summed E-state index contributed by atoms with van der Waals surface area (Å²) in [5.74, 6) is -0.0482. The lowest BCUT2D eigenvalue weighted by Crippen LogP contribution is -2.33. The van der Waals surface area contributed by atoms with Gasteiger partial charge in [0.15, 0.2) is 0 Å². The van der Waals surface area contributed by atoms with Crippen LogP contribution in [0.25, 0.3) is 0 Å². The Morgan fingerprint density at radius 3 is 2.75 bits per heavy atom. The van der Waals surface area contributed by atoms with Crippen molar-refractivity contribution in [1.29, 1.82) is 5.26 Å². The highest BCUT2D eigenvalue weighted by atomic mass is 16.5. The molecule has 1 aromatic heterocycles. The van der Waals surface area contributed by atoms with E-state index in [1.165, 1.54) is 6.07 Å². The molecular formula is C14H17N3O3. The van der Waals surface area contributed by atoms with E-state index in [-0.39, 0.29) is 17.7 Å². The van der Waals surface area contributed by atoms with E-state index in [1.54, 1.807) is 13.0 Å². The van der Waals surface area contributed by atoms with Gasteiger partial charge in [-0.05, 0) is 32.3 Å². The van der Waals surface area contributed by atoms with Crippen molar-refractivity contribution >= 4 is 11.8 Å². The predicted molar refractivity (Wildman–Crippen MR) is 73.8 cm³/mol. The SMILES string of the molecule is CCOC(=O)c1cc(C#N)c(=O)[nH]c1N1CCCCC1. The van der Waals surface area contributed by atoms with Gasteiger partial charge in [-0.15, -0.1) is 0 Å². The Bertz CT molecular complexity index is 595. The number of aromatic nitrogens is 1. The Kier molecular flexibility index (Phi) is 4.41. The fourth-order valence-corrected chi connectivity index (χ4v) is 2.33. The molecule has 2 rings (SSSR count). The number of rotatable bonds is 3. The Hall–Kier alpha value is -2.29. The molecule has 0 spiro atoms. The van der Waals surface area contributed by atoms with Crippen LogP contribution in [0.2, 0.25) is 0 Å². The summed E-state index contributed by atoms with van der Waals surface area (Å²) in [4.78, 5) is 28.4. The molecular weight excluding hydrogens is 258 g/mol. The molecule has 6 heteroatoms. The van der Waals surface area contributed by atoms with Gasteiger partial charge in [-0.3, -0.25) is 4.79 Å². The smallest absolute Gasteiger partial charge is 0.341 e. The van der Waals surface area contributed by atoms with Gasteiger partial charge in [0.1, 0.15) is 23.0 Å². The third-order valence-electron chi connectivity index (χ3n) is 3.31. The maximum atomic E-state index is 12.0. The Balaban J connectivity index is 2.47. The number of nitrogens with zero attached hydrogens (tertiary/aromatic N) is 2. The van der Waals surface area contributed by atoms with Crippen molar-refractivity contribution in [2.75, 3.05) is 24.6 Å². The molecule has 6 nitrogen and oxygen atoms in total. The molecule has 20 heavy (non-hydrogen) atoms. The summed E-state index contributed by atoms with van der Waals surface area (Å²) in [6.45, 7) is 3.54. The lowest BCUT2D eigenvalue weighted by Gasteiger charge is -2.29. The van der Waals surface area contributed by atoms with E-state index < -0.39 is 11.5 Å². The van der Waals surface area contributed by atoms with Gasteiger partial charge < -0.3 is 14.6 Å². The minimum Gasteiger partial charge on any atom is -0.462 e. The van der Waals surface area contributed by atoms with Gasteiger partial charge in [0, 0.05) is 13.1 Å². The maximum Gasteiger partial charge on any atom is 0.341 e. The number of pyridine rings is 1. The Morgan fingerprint density at radius 1 is 1.45 bits per heavy atom. The third kappa shape index (κ3) is 2.82.